The van der Waals surface area contributed by atoms with Crippen molar-refractivity contribution in [2.45, 2.75) is 50.2 Å². The second-order valence-electron chi connectivity index (χ2n) is 4.75. The van der Waals surface area contributed by atoms with E-state index in [2.05, 4.69) is 4.98 Å². The number of nitrogens with zero attached hydrogens (tertiary/aromatic N) is 1. The summed E-state index contributed by atoms with van der Waals surface area (Å²) in [6, 6.07) is 0. The van der Waals surface area contributed by atoms with E-state index in [9.17, 15) is 13.2 Å². The SMILES string of the molecule is O=c1[nH]c(O)cn1S(=O)(=O)C1CCCCCCC1. The molecule has 0 saturated heterocycles. The summed E-state index contributed by atoms with van der Waals surface area (Å²) in [5.41, 5.74) is -0.797. The van der Waals surface area contributed by atoms with Gasteiger partial charge in [0.1, 0.15) is 0 Å². The highest BCUT2D eigenvalue weighted by Gasteiger charge is 2.29. The highest BCUT2D eigenvalue weighted by atomic mass is 32.2. The maximum atomic E-state index is 12.3. The maximum absolute atomic E-state index is 12.3. The minimum Gasteiger partial charge on any atom is -0.493 e. The molecular formula is C11H18N2O4S. The number of imidazole rings is 1. The van der Waals surface area contributed by atoms with Crippen LogP contribution in [0.1, 0.15) is 44.9 Å². The molecule has 0 bridgehead atoms. The second-order valence-corrected chi connectivity index (χ2v) is 6.84. The number of rotatable bonds is 2. The van der Waals surface area contributed by atoms with Crippen molar-refractivity contribution in [3.63, 3.8) is 0 Å². The quantitative estimate of drug-likeness (QED) is 0.846. The summed E-state index contributed by atoms with van der Waals surface area (Å²) >= 11 is 0. The van der Waals surface area contributed by atoms with Crippen molar-refractivity contribution >= 4 is 10.0 Å². The summed E-state index contributed by atoms with van der Waals surface area (Å²) in [4.78, 5) is 13.5. The Morgan fingerprint density at radius 2 is 1.72 bits per heavy atom. The van der Waals surface area contributed by atoms with Gasteiger partial charge in [-0.1, -0.05) is 32.1 Å². The first-order valence-electron chi connectivity index (χ1n) is 6.27. The number of hydrogen-bond donors (Lipinski definition) is 2. The van der Waals surface area contributed by atoms with Gasteiger partial charge in [-0.3, -0.25) is 4.98 Å². The highest BCUT2D eigenvalue weighted by molar-refractivity contribution is 7.90. The molecule has 6 nitrogen and oxygen atoms in total. The van der Waals surface area contributed by atoms with Gasteiger partial charge in [0.15, 0.2) is 0 Å². The third kappa shape index (κ3) is 2.60. The first-order chi connectivity index (χ1) is 8.51. The van der Waals surface area contributed by atoms with Crippen molar-refractivity contribution in [2.24, 2.45) is 0 Å². The van der Waals surface area contributed by atoms with Gasteiger partial charge in [-0.15, -0.1) is 0 Å². The van der Waals surface area contributed by atoms with Crippen LogP contribution < -0.4 is 5.69 Å². The summed E-state index contributed by atoms with van der Waals surface area (Å²) < 4.78 is 25.3. The largest absolute Gasteiger partial charge is 0.493 e. The fraction of sp³-hybridized carbons (Fsp3) is 0.727. The first-order valence-corrected chi connectivity index (χ1v) is 7.77. The minimum absolute atomic E-state index is 0.422. The Balaban J connectivity index is 2.29. The summed E-state index contributed by atoms with van der Waals surface area (Å²) in [6.07, 6.45) is 7.08. The van der Waals surface area contributed by atoms with Gasteiger partial charge in [-0.05, 0) is 12.8 Å². The number of H-pyrrole nitrogens is 1. The zero-order valence-electron chi connectivity index (χ0n) is 10.1. The highest BCUT2D eigenvalue weighted by Crippen LogP contribution is 2.23. The lowest BCUT2D eigenvalue weighted by Gasteiger charge is -2.19. The van der Waals surface area contributed by atoms with E-state index in [1.807, 2.05) is 0 Å². The van der Waals surface area contributed by atoms with Crippen LogP contribution in [0.2, 0.25) is 0 Å². The molecule has 1 heterocycles. The van der Waals surface area contributed by atoms with Gasteiger partial charge in [-0.2, -0.15) is 3.97 Å². The molecular weight excluding hydrogens is 256 g/mol. The van der Waals surface area contributed by atoms with Gasteiger partial charge in [0.05, 0.1) is 11.4 Å². The summed E-state index contributed by atoms with van der Waals surface area (Å²) in [5, 5.41) is 8.63. The number of aromatic hydroxyl groups is 1. The van der Waals surface area contributed by atoms with E-state index in [0.29, 0.717) is 16.8 Å². The third-order valence-electron chi connectivity index (χ3n) is 3.42. The van der Waals surface area contributed by atoms with E-state index in [0.717, 1.165) is 38.3 Å². The van der Waals surface area contributed by atoms with Gasteiger partial charge in [-0.25, -0.2) is 13.2 Å². The van der Waals surface area contributed by atoms with Gasteiger partial charge in [0.25, 0.3) is 0 Å². The van der Waals surface area contributed by atoms with Crippen LogP contribution in [-0.2, 0) is 10.0 Å². The zero-order valence-corrected chi connectivity index (χ0v) is 10.9. The van der Waals surface area contributed by atoms with Crippen LogP contribution in [-0.4, -0.2) is 27.7 Å². The predicted molar refractivity (Wildman–Crippen MR) is 67.1 cm³/mol. The number of nitrogens with one attached hydrogen (secondary N) is 1. The minimum atomic E-state index is -3.70. The van der Waals surface area contributed by atoms with E-state index in [1.165, 1.54) is 0 Å². The molecule has 0 aromatic carbocycles. The molecule has 7 heteroatoms. The molecule has 0 atom stereocenters. The van der Waals surface area contributed by atoms with Crippen LogP contribution in [0.15, 0.2) is 11.0 Å². The van der Waals surface area contributed by atoms with Gasteiger partial charge >= 0.3 is 5.69 Å². The van der Waals surface area contributed by atoms with Crippen LogP contribution in [0.5, 0.6) is 5.88 Å². The van der Waals surface area contributed by atoms with Crippen molar-refractivity contribution in [2.75, 3.05) is 0 Å². The Hall–Kier alpha value is -1.24. The van der Waals surface area contributed by atoms with Crippen LogP contribution in [0.25, 0.3) is 0 Å². The molecule has 1 aromatic rings. The normalized spacial score (nSPS) is 19.3. The van der Waals surface area contributed by atoms with Crippen molar-refractivity contribution in [1.29, 1.82) is 0 Å². The van der Waals surface area contributed by atoms with E-state index in [-0.39, 0.29) is 0 Å². The zero-order chi connectivity index (χ0) is 13.2. The molecule has 0 amide bonds. The van der Waals surface area contributed by atoms with E-state index in [1.54, 1.807) is 0 Å². The maximum Gasteiger partial charge on any atom is 0.342 e. The van der Waals surface area contributed by atoms with Gasteiger partial charge in [0, 0.05) is 0 Å². The average molecular weight is 274 g/mol. The summed E-state index contributed by atoms with van der Waals surface area (Å²) in [6.45, 7) is 0. The molecule has 1 aliphatic carbocycles. The smallest absolute Gasteiger partial charge is 0.342 e. The van der Waals surface area contributed by atoms with E-state index < -0.39 is 26.8 Å². The average Bonchev–Trinajstić information content (AvgIpc) is 2.57. The standard InChI is InChI=1S/C11H18N2O4S/c14-10-8-13(11(15)12-10)18(16,17)9-6-4-2-1-3-5-7-9/h8-9,14H,1-7H2,(H,12,15). The fourth-order valence-corrected chi connectivity index (χ4v) is 4.21. The third-order valence-corrected chi connectivity index (χ3v) is 5.56. The van der Waals surface area contributed by atoms with Crippen molar-refractivity contribution < 1.29 is 13.5 Å². The Morgan fingerprint density at radius 1 is 1.17 bits per heavy atom. The van der Waals surface area contributed by atoms with Gasteiger partial charge < -0.3 is 5.11 Å². The molecule has 102 valence electrons. The molecule has 2 N–H and O–H groups in total. The predicted octanol–water partition coefficient (Wildman–Crippen LogP) is 1.17. The Kier molecular flexibility index (Phi) is 3.79. The number of aromatic nitrogens is 2. The molecule has 1 aliphatic rings. The lowest BCUT2D eigenvalue weighted by atomic mass is 10.0. The van der Waals surface area contributed by atoms with E-state index in [4.69, 9.17) is 5.11 Å². The molecule has 0 radical (unpaired) electrons. The number of aromatic amines is 1. The molecule has 0 aliphatic heterocycles. The Morgan fingerprint density at radius 3 is 2.22 bits per heavy atom. The number of hydrogen-bond acceptors (Lipinski definition) is 4. The Labute approximate surface area is 106 Å². The van der Waals surface area contributed by atoms with E-state index >= 15 is 0 Å². The molecule has 1 saturated carbocycles. The van der Waals surface area contributed by atoms with Crippen molar-refractivity contribution in [1.82, 2.24) is 8.96 Å². The molecule has 18 heavy (non-hydrogen) atoms. The summed E-state index contributed by atoms with van der Waals surface area (Å²) in [7, 11) is -3.70. The second kappa shape index (κ2) is 5.17. The molecule has 2 rings (SSSR count). The van der Waals surface area contributed by atoms with Crippen LogP contribution in [0, 0.1) is 0 Å². The first kappa shape index (κ1) is 13.2. The lowest BCUT2D eigenvalue weighted by molar-refractivity contribution is 0.455. The molecule has 1 fully saturated rings. The fourth-order valence-electron chi connectivity index (χ4n) is 2.43. The molecule has 1 aromatic heterocycles. The van der Waals surface area contributed by atoms with Crippen LogP contribution >= 0.6 is 0 Å². The molecule has 0 unspecified atom stereocenters. The Bertz CT molecular complexity index is 550. The van der Waals surface area contributed by atoms with Crippen molar-refractivity contribution in [3.05, 3.63) is 16.7 Å². The van der Waals surface area contributed by atoms with Crippen molar-refractivity contribution in [3.8, 4) is 5.88 Å². The van der Waals surface area contributed by atoms with Crippen LogP contribution in [0.4, 0.5) is 0 Å². The van der Waals surface area contributed by atoms with Gasteiger partial charge in [0.2, 0.25) is 15.9 Å². The summed E-state index contributed by atoms with van der Waals surface area (Å²) in [5.74, 6) is -0.422. The molecule has 0 spiro atoms. The lowest BCUT2D eigenvalue weighted by Crippen LogP contribution is -2.34. The van der Waals surface area contributed by atoms with Crippen LogP contribution in [0.3, 0.4) is 0 Å². The topological polar surface area (TPSA) is 92.2 Å². The monoisotopic (exact) mass is 274 g/mol.